The van der Waals surface area contributed by atoms with E-state index in [1.165, 1.54) is 50.5 Å². The van der Waals surface area contributed by atoms with Crippen LogP contribution in [0.15, 0.2) is 29.3 Å². The molecule has 1 aliphatic heterocycles. The van der Waals surface area contributed by atoms with E-state index in [1.54, 1.807) is 6.92 Å². The molecule has 1 heterocycles. The molecule has 0 bridgehead atoms. The summed E-state index contributed by atoms with van der Waals surface area (Å²) in [5.41, 5.74) is 1.30. The molecule has 7 heteroatoms. The third-order valence-corrected chi connectivity index (χ3v) is 6.28. The van der Waals surface area contributed by atoms with Crippen LogP contribution in [0.25, 0.3) is 0 Å². The Morgan fingerprint density at radius 2 is 1.74 bits per heavy atom. The zero-order chi connectivity index (χ0) is 25.4. The summed E-state index contributed by atoms with van der Waals surface area (Å²) in [6, 6.07) is 8.36. The first kappa shape index (κ1) is 29.3. The lowest BCUT2D eigenvalue weighted by Crippen LogP contribution is -2.47. The Labute approximate surface area is 212 Å². The summed E-state index contributed by atoms with van der Waals surface area (Å²) in [5, 5.41) is 18.9. The van der Waals surface area contributed by atoms with E-state index >= 15 is 0 Å². The van der Waals surface area contributed by atoms with E-state index in [0.29, 0.717) is 32.5 Å². The van der Waals surface area contributed by atoms with Gasteiger partial charge in [-0.3, -0.25) is 4.79 Å². The second-order valence-corrected chi connectivity index (χ2v) is 9.92. The maximum absolute atomic E-state index is 12.1. The van der Waals surface area contributed by atoms with Gasteiger partial charge in [-0.1, -0.05) is 57.6 Å². The Balaban J connectivity index is 1.87. The number of unbranched alkanes of at least 4 members (excludes halogenated alkanes) is 6. The largest absolute Gasteiger partial charge is 0.464 e. The van der Waals surface area contributed by atoms with E-state index in [4.69, 9.17) is 9.73 Å². The molecule has 1 aromatic carbocycles. The van der Waals surface area contributed by atoms with Gasteiger partial charge in [-0.25, -0.2) is 4.99 Å². The highest BCUT2D eigenvalue weighted by Crippen LogP contribution is 2.25. The van der Waals surface area contributed by atoms with Crippen LogP contribution in [-0.4, -0.2) is 61.3 Å². The Hall–Kier alpha value is -1.96. The number of carbonyl (C=O) groups excluding carboxylic acids is 1. The van der Waals surface area contributed by atoms with Crippen LogP contribution in [0.5, 0.6) is 5.75 Å². The normalized spacial score (nSPS) is 19.1. The topological polar surface area (TPSA) is 95.0 Å². The molecule has 35 heavy (non-hydrogen) atoms. The van der Waals surface area contributed by atoms with Crippen molar-refractivity contribution in [2.75, 3.05) is 32.7 Å². The van der Waals surface area contributed by atoms with Gasteiger partial charge in [0.05, 0.1) is 19.1 Å². The first-order chi connectivity index (χ1) is 16.9. The first-order valence-electron chi connectivity index (χ1n) is 13.6. The van der Waals surface area contributed by atoms with Gasteiger partial charge in [0.15, 0.2) is 0 Å². The van der Waals surface area contributed by atoms with E-state index in [2.05, 4.69) is 35.0 Å². The summed E-state index contributed by atoms with van der Waals surface area (Å²) in [6.45, 7) is 9.12. The standard InChI is InChI=1S/C28H48N4O3/c1-4-5-6-7-8-9-10-11-25-12-14-26(15-13-25)35-28(22-31-27(34)20-23(2)32-28)16-17-29-18-19-30-21-24(3)33/h12-15,24,29-30,33H,4-11,16-22H2,1-3H3,(H,31,34). The minimum absolute atomic E-state index is 0.0166. The molecule has 0 spiro atoms. The minimum Gasteiger partial charge on any atom is -0.464 e. The van der Waals surface area contributed by atoms with Gasteiger partial charge in [0.1, 0.15) is 5.75 Å². The van der Waals surface area contributed by atoms with Crippen LogP contribution < -0.4 is 20.7 Å². The van der Waals surface area contributed by atoms with E-state index in [1.807, 2.05) is 19.1 Å². The van der Waals surface area contributed by atoms with Crippen LogP contribution in [0.1, 0.15) is 84.1 Å². The van der Waals surface area contributed by atoms with Crippen molar-refractivity contribution in [1.82, 2.24) is 16.0 Å². The first-order valence-corrected chi connectivity index (χ1v) is 13.6. The maximum atomic E-state index is 12.1. The molecule has 0 saturated heterocycles. The molecule has 198 valence electrons. The van der Waals surface area contributed by atoms with Crippen LogP contribution in [-0.2, 0) is 11.2 Å². The van der Waals surface area contributed by atoms with E-state index in [0.717, 1.165) is 31.0 Å². The van der Waals surface area contributed by atoms with Gasteiger partial charge in [0.25, 0.3) is 0 Å². The van der Waals surface area contributed by atoms with Gasteiger partial charge in [-0.15, -0.1) is 0 Å². The Morgan fingerprint density at radius 3 is 2.46 bits per heavy atom. The number of benzene rings is 1. The van der Waals surface area contributed by atoms with Crippen molar-refractivity contribution in [1.29, 1.82) is 0 Å². The SMILES string of the molecule is CCCCCCCCCc1ccc(OC2(CCNCCNCC(C)O)CNC(=O)CC(C)=N2)cc1. The number of hydrogen-bond donors (Lipinski definition) is 4. The summed E-state index contributed by atoms with van der Waals surface area (Å²) in [6.07, 6.45) is 10.9. The van der Waals surface area contributed by atoms with Crippen LogP contribution in [0, 0.1) is 0 Å². The summed E-state index contributed by atoms with van der Waals surface area (Å²) in [7, 11) is 0. The third-order valence-electron chi connectivity index (χ3n) is 6.28. The molecule has 1 amide bonds. The third kappa shape index (κ3) is 12.5. The lowest BCUT2D eigenvalue weighted by atomic mass is 10.0. The molecule has 2 atom stereocenters. The lowest BCUT2D eigenvalue weighted by Gasteiger charge is -2.30. The van der Waals surface area contributed by atoms with Crippen molar-refractivity contribution in [2.24, 2.45) is 4.99 Å². The summed E-state index contributed by atoms with van der Waals surface area (Å²) < 4.78 is 6.45. The molecular weight excluding hydrogens is 440 g/mol. The number of rotatable bonds is 18. The second kappa shape index (κ2) is 16.7. The van der Waals surface area contributed by atoms with E-state index in [-0.39, 0.29) is 12.0 Å². The van der Waals surface area contributed by atoms with Gasteiger partial charge in [-0.05, 0) is 44.4 Å². The smallest absolute Gasteiger partial charge is 0.225 e. The van der Waals surface area contributed by atoms with Crippen molar-refractivity contribution in [3.63, 3.8) is 0 Å². The molecule has 0 saturated carbocycles. The average Bonchev–Trinajstić information content (AvgIpc) is 2.96. The zero-order valence-electron chi connectivity index (χ0n) is 22.2. The van der Waals surface area contributed by atoms with Crippen molar-refractivity contribution in [3.05, 3.63) is 29.8 Å². The Morgan fingerprint density at radius 1 is 1.06 bits per heavy atom. The molecule has 4 N–H and O–H groups in total. The quantitative estimate of drug-likeness (QED) is 0.235. The number of hydrogen-bond acceptors (Lipinski definition) is 6. The fraction of sp³-hybridized carbons (Fsp3) is 0.714. The van der Waals surface area contributed by atoms with Gasteiger partial charge in [0.2, 0.25) is 11.6 Å². The molecule has 0 aliphatic carbocycles. The molecule has 0 fully saturated rings. The Bertz CT molecular complexity index is 751. The van der Waals surface area contributed by atoms with Crippen molar-refractivity contribution >= 4 is 11.6 Å². The van der Waals surface area contributed by atoms with E-state index in [9.17, 15) is 9.90 Å². The molecule has 0 radical (unpaired) electrons. The lowest BCUT2D eigenvalue weighted by molar-refractivity contribution is -0.120. The zero-order valence-corrected chi connectivity index (χ0v) is 22.2. The summed E-state index contributed by atoms with van der Waals surface area (Å²) in [4.78, 5) is 16.9. The number of carbonyl (C=O) groups is 1. The highest BCUT2D eigenvalue weighted by atomic mass is 16.5. The van der Waals surface area contributed by atoms with Gasteiger partial charge in [-0.2, -0.15) is 0 Å². The fourth-order valence-corrected chi connectivity index (χ4v) is 4.34. The van der Waals surface area contributed by atoms with Crippen LogP contribution >= 0.6 is 0 Å². The molecule has 2 unspecified atom stereocenters. The predicted molar refractivity (Wildman–Crippen MR) is 144 cm³/mol. The molecule has 7 nitrogen and oxygen atoms in total. The van der Waals surface area contributed by atoms with Gasteiger partial charge >= 0.3 is 0 Å². The predicted octanol–water partition coefficient (Wildman–Crippen LogP) is 3.99. The van der Waals surface area contributed by atoms with Gasteiger partial charge in [0, 0.05) is 38.3 Å². The highest BCUT2D eigenvalue weighted by Gasteiger charge is 2.34. The highest BCUT2D eigenvalue weighted by molar-refractivity contribution is 6.00. The number of aliphatic hydroxyl groups is 1. The van der Waals surface area contributed by atoms with Crippen molar-refractivity contribution in [2.45, 2.75) is 96.8 Å². The molecule has 1 aromatic rings. The molecule has 2 rings (SSSR count). The molecule has 0 aromatic heterocycles. The van der Waals surface area contributed by atoms with Crippen LogP contribution in [0.3, 0.4) is 0 Å². The second-order valence-electron chi connectivity index (χ2n) is 9.92. The molecular formula is C28H48N4O3. The Kier molecular flexibility index (Phi) is 13.9. The molecule has 1 aliphatic rings. The number of aliphatic imine (C=N–C) groups is 1. The number of aryl methyl sites for hydroxylation is 1. The van der Waals surface area contributed by atoms with Crippen LogP contribution in [0.2, 0.25) is 0 Å². The number of ether oxygens (including phenoxy) is 1. The maximum Gasteiger partial charge on any atom is 0.225 e. The summed E-state index contributed by atoms with van der Waals surface area (Å²) in [5.74, 6) is 0.761. The number of nitrogens with zero attached hydrogens (tertiary/aromatic N) is 1. The number of nitrogens with one attached hydrogen (secondary N) is 3. The van der Waals surface area contributed by atoms with Crippen molar-refractivity contribution < 1.29 is 14.6 Å². The van der Waals surface area contributed by atoms with Crippen molar-refractivity contribution in [3.8, 4) is 5.75 Å². The van der Waals surface area contributed by atoms with Crippen LogP contribution in [0.4, 0.5) is 0 Å². The summed E-state index contributed by atoms with van der Waals surface area (Å²) >= 11 is 0. The number of amides is 1. The number of aliphatic hydroxyl groups excluding tert-OH is 1. The average molecular weight is 489 g/mol. The van der Waals surface area contributed by atoms with E-state index < -0.39 is 5.72 Å². The monoisotopic (exact) mass is 488 g/mol. The van der Waals surface area contributed by atoms with Gasteiger partial charge < -0.3 is 25.8 Å². The minimum atomic E-state index is -0.823. The fourth-order valence-electron chi connectivity index (χ4n) is 4.34.